The average Bonchev–Trinajstić information content (AvgIpc) is 3.38. The first-order valence-corrected chi connectivity index (χ1v) is 12.8. The molecule has 9 nitrogen and oxygen atoms in total. The first-order valence-electron chi connectivity index (χ1n) is 12.4. The fourth-order valence-corrected chi connectivity index (χ4v) is 4.63. The Morgan fingerprint density at radius 1 is 1.16 bits per heavy atom. The predicted molar refractivity (Wildman–Crippen MR) is 141 cm³/mol. The second-order valence-corrected chi connectivity index (χ2v) is 9.61. The molecule has 0 spiro atoms. The number of piperidine rings is 1. The highest BCUT2D eigenvalue weighted by Gasteiger charge is 2.21. The summed E-state index contributed by atoms with van der Waals surface area (Å²) >= 11 is 5.97. The SMILES string of the molecule is O=C(Cc1ccc(NC(=O)c2nc[nH]c2C(=O)NCCCN2CCCC(O)C2)cc1)c1ccc(F)cc1Cl. The van der Waals surface area contributed by atoms with Gasteiger partial charge in [0.1, 0.15) is 11.5 Å². The maximum Gasteiger partial charge on any atom is 0.276 e. The number of aliphatic hydroxyl groups excluding tert-OH is 1. The number of carbonyl (C=O) groups excluding carboxylic acids is 3. The number of nitrogens with zero attached hydrogens (tertiary/aromatic N) is 2. The molecule has 1 aromatic heterocycles. The number of ketones is 1. The van der Waals surface area contributed by atoms with Gasteiger partial charge in [0, 0.05) is 30.8 Å². The fourth-order valence-electron chi connectivity index (χ4n) is 4.36. The number of likely N-dealkylation sites (tertiary alicyclic amines) is 1. The summed E-state index contributed by atoms with van der Waals surface area (Å²) in [7, 11) is 0. The van der Waals surface area contributed by atoms with E-state index in [2.05, 4.69) is 25.5 Å². The van der Waals surface area contributed by atoms with Crippen LogP contribution in [-0.4, -0.2) is 69.9 Å². The summed E-state index contributed by atoms with van der Waals surface area (Å²) in [4.78, 5) is 46.8. The van der Waals surface area contributed by atoms with E-state index in [4.69, 9.17) is 11.6 Å². The summed E-state index contributed by atoms with van der Waals surface area (Å²) in [5.74, 6) is -1.76. The molecule has 1 saturated heterocycles. The zero-order valence-corrected chi connectivity index (χ0v) is 21.4. The number of aliphatic hydroxyl groups is 1. The number of imidazole rings is 1. The van der Waals surface area contributed by atoms with Crippen molar-refractivity contribution in [3.8, 4) is 0 Å². The largest absolute Gasteiger partial charge is 0.392 e. The number of hydrogen-bond donors (Lipinski definition) is 4. The lowest BCUT2D eigenvalue weighted by atomic mass is 10.0. The van der Waals surface area contributed by atoms with Crippen molar-refractivity contribution in [2.45, 2.75) is 31.8 Å². The fraction of sp³-hybridized carbons (Fsp3) is 0.333. The highest BCUT2D eigenvalue weighted by atomic mass is 35.5. The van der Waals surface area contributed by atoms with Crippen molar-refractivity contribution in [3.63, 3.8) is 0 Å². The summed E-state index contributed by atoms with van der Waals surface area (Å²) < 4.78 is 13.2. The van der Waals surface area contributed by atoms with Gasteiger partial charge in [0.25, 0.3) is 11.8 Å². The third kappa shape index (κ3) is 7.25. The Morgan fingerprint density at radius 3 is 2.68 bits per heavy atom. The molecule has 3 aromatic rings. The monoisotopic (exact) mass is 541 g/mol. The first-order chi connectivity index (χ1) is 18.3. The Labute approximate surface area is 224 Å². The molecule has 1 unspecified atom stereocenters. The molecule has 1 aliphatic rings. The van der Waals surface area contributed by atoms with Crippen molar-refractivity contribution >= 4 is 34.9 Å². The molecule has 2 aromatic carbocycles. The number of hydrogen-bond acceptors (Lipinski definition) is 6. The minimum absolute atomic E-state index is 0.0353. The number of nitrogens with one attached hydrogen (secondary N) is 3. The van der Waals surface area contributed by atoms with E-state index in [1.807, 2.05) is 0 Å². The number of carbonyl (C=O) groups is 3. The lowest BCUT2D eigenvalue weighted by Gasteiger charge is -2.29. The van der Waals surface area contributed by atoms with E-state index in [-0.39, 0.29) is 40.3 Å². The smallest absolute Gasteiger partial charge is 0.276 e. The number of aromatic amines is 1. The van der Waals surface area contributed by atoms with Gasteiger partial charge >= 0.3 is 0 Å². The third-order valence-electron chi connectivity index (χ3n) is 6.31. The van der Waals surface area contributed by atoms with Crippen LogP contribution in [0, 0.1) is 5.82 Å². The molecule has 0 aliphatic carbocycles. The number of benzene rings is 2. The summed E-state index contributed by atoms with van der Waals surface area (Å²) in [6.45, 7) is 2.79. The second-order valence-electron chi connectivity index (χ2n) is 9.21. The van der Waals surface area contributed by atoms with E-state index < -0.39 is 17.6 Å². The number of aromatic nitrogens is 2. The number of halogens is 2. The van der Waals surface area contributed by atoms with Crippen LogP contribution >= 0.6 is 11.6 Å². The van der Waals surface area contributed by atoms with Gasteiger partial charge in [0.2, 0.25) is 0 Å². The molecule has 0 bridgehead atoms. The van der Waals surface area contributed by atoms with Gasteiger partial charge in [-0.15, -0.1) is 0 Å². The summed E-state index contributed by atoms with van der Waals surface area (Å²) in [6.07, 6.45) is 3.57. The number of β-amino-alcohol motifs (C(OH)–C–C–N with tert-alkyl or cyclic N) is 1. The third-order valence-corrected chi connectivity index (χ3v) is 6.62. The van der Waals surface area contributed by atoms with Crippen LogP contribution in [0.2, 0.25) is 5.02 Å². The van der Waals surface area contributed by atoms with Crippen LogP contribution in [-0.2, 0) is 6.42 Å². The Morgan fingerprint density at radius 2 is 1.95 bits per heavy atom. The quantitative estimate of drug-likeness (QED) is 0.230. The Bertz CT molecular complexity index is 1300. The van der Waals surface area contributed by atoms with Crippen molar-refractivity contribution < 1.29 is 23.9 Å². The van der Waals surface area contributed by atoms with Crippen LogP contribution in [0.5, 0.6) is 0 Å². The van der Waals surface area contributed by atoms with Gasteiger partial charge in [0.15, 0.2) is 11.5 Å². The topological polar surface area (TPSA) is 127 Å². The zero-order chi connectivity index (χ0) is 27.1. The van der Waals surface area contributed by atoms with Crippen molar-refractivity contribution in [1.29, 1.82) is 0 Å². The zero-order valence-electron chi connectivity index (χ0n) is 20.7. The molecule has 11 heteroatoms. The van der Waals surface area contributed by atoms with Gasteiger partial charge in [-0.3, -0.25) is 14.4 Å². The number of rotatable bonds is 10. The molecule has 1 atom stereocenters. The Hall–Kier alpha value is -3.60. The molecular weight excluding hydrogens is 513 g/mol. The normalized spacial score (nSPS) is 15.7. The van der Waals surface area contributed by atoms with Crippen LogP contribution in [0.15, 0.2) is 48.8 Å². The molecule has 4 N–H and O–H groups in total. The van der Waals surface area contributed by atoms with Crippen LogP contribution in [0.3, 0.4) is 0 Å². The first kappa shape index (κ1) is 27.4. The average molecular weight is 542 g/mol. The molecule has 2 heterocycles. The minimum atomic E-state index is -0.555. The van der Waals surface area contributed by atoms with E-state index >= 15 is 0 Å². The number of amides is 2. The van der Waals surface area contributed by atoms with Crippen LogP contribution in [0.4, 0.5) is 10.1 Å². The van der Waals surface area contributed by atoms with Gasteiger partial charge in [-0.05, 0) is 68.2 Å². The predicted octanol–water partition coefficient (Wildman–Crippen LogP) is 3.46. The van der Waals surface area contributed by atoms with Crippen molar-refractivity contribution in [2.75, 3.05) is 31.5 Å². The van der Waals surface area contributed by atoms with Crippen LogP contribution < -0.4 is 10.6 Å². The molecule has 1 fully saturated rings. The molecular formula is C27H29ClFN5O4. The van der Waals surface area contributed by atoms with E-state index in [1.54, 1.807) is 24.3 Å². The second kappa shape index (κ2) is 12.8. The maximum absolute atomic E-state index is 13.2. The van der Waals surface area contributed by atoms with Gasteiger partial charge in [-0.25, -0.2) is 9.37 Å². The van der Waals surface area contributed by atoms with E-state index in [0.29, 0.717) is 24.3 Å². The summed E-state index contributed by atoms with van der Waals surface area (Å²) in [5.41, 5.74) is 1.41. The van der Waals surface area contributed by atoms with E-state index in [9.17, 15) is 23.9 Å². The molecule has 0 radical (unpaired) electrons. The van der Waals surface area contributed by atoms with Crippen molar-refractivity contribution in [1.82, 2.24) is 20.2 Å². The van der Waals surface area contributed by atoms with E-state index in [0.717, 1.165) is 38.4 Å². The lowest BCUT2D eigenvalue weighted by Crippen LogP contribution is -2.39. The number of H-pyrrole nitrogens is 1. The highest BCUT2D eigenvalue weighted by molar-refractivity contribution is 6.34. The number of Topliss-reactive ketones (excluding diaryl/α,β-unsaturated/α-hetero) is 1. The molecule has 2 amide bonds. The van der Waals surface area contributed by atoms with E-state index in [1.165, 1.54) is 18.5 Å². The summed E-state index contributed by atoms with van der Waals surface area (Å²) in [6, 6.07) is 10.3. The molecule has 0 saturated carbocycles. The van der Waals surface area contributed by atoms with Crippen molar-refractivity contribution in [3.05, 3.63) is 82.1 Å². The van der Waals surface area contributed by atoms with Gasteiger partial charge < -0.3 is 25.6 Å². The molecule has 4 rings (SSSR count). The summed E-state index contributed by atoms with van der Waals surface area (Å²) in [5, 5.41) is 15.3. The van der Waals surface area contributed by atoms with Gasteiger partial charge in [-0.1, -0.05) is 23.7 Å². The van der Waals surface area contributed by atoms with Crippen molar-refractivity contribution in [2.24, 2.45) is 0 Å². The standard InChI is InChI=1S/C27H29ClFN5O4/c28-22-14-18(29)6-9-21(22)23(36)13-17-4-7-19(8-5-17)33-27(38)25-24(31-16-32-25)26(37)30-10-2-12-34-11-1-3-20(35)15-34/h4-9,14,16,20,35H,1-3,10-13,15H2,(H,30,37)(H,31,32)(H,33,38). The van der Waals surface area contributed by atoms with Gasteiger partial charge in [-0.2, -0.15) is 0 Å². The maximum atomic E-state index is 13.2. The van der Waals surface area contributed by atoms with Gasteiger partial charge in [0.05, 0.1) is 17.5 Å². The Kier molecular flexibility index (Phi) is 9.22. The highest BCUT2D eigenvalue weighted by Crippen LogP contribution is 2.20. The van der Waals surface area contributed by atoms with Crippen LogP contribution in [0.1, 0.15) is 56.2 Å². The Balaban J connectivity index is 1.27. The molecule has 200 valence electrons. The lowest BCUT2D eigenvalue weighted by molar-refractivity contribution is 0.0697. The van der Waals surface area contributed by atoms with Crippen LogP contribution in [0.25, 0.3) is 0 Å². The molecule has 1 aliphatic heterocycles. The molecule has 38 heavy (non-hydrogen) atoms. The minimum Gasteiger partial charge on any atom is -0.392 e. The number of anilines is 1.